The Hall–Kier alpha value is -1.57. The van der Waals surface area contributed by atoms with Crippen LogP contribution in [0.3, 0.4) is 0 Å². The van der Waals surface area contributed by atoms with Crippen LogP contribution >= 0.6 is 8.60 Å². The van der Waals surface area contributed by atoms with Gasteiger partial charge in [0.1, 0.15) is 5.75 Å². The van der Waals surface area contributed by atoms with Crippen molar-refractivity contribution in [2.75, 3.05) is 19.8 Å². The lowest BCUT2D eigenvalue weighted by Crippen LogP contribution is -2.50. The first-order valence-electron chi connectivity index (χ1n) is 7.07. The highest BCUT2D eigenvalue weighted by atomic mass is 31.2. The Morgan fingerprint density at radius 2 is 1.33 bits per heavy atom. The smallest absolute Gasteiger partial charge is 0.391 e. The van der Waals surface area contributed by atoms with E-state index in [1.165, 1.54) is 0 Å². The van der Waals surface area contributed by atoms with E-state index in [2.05, 4.69) is 0 Å². The molecule has 2 aromatic carbocycles. The van der Waals surface area contributed by atoms with Crippen LogP contribution in [0.1, 0.15) is 0 Å². The van der Waals surface area contributed by atoms with Crippen LogP contribution in [0.5, 0.6) is 5.75 Å². The molecule has 0 fully saturated rings. The zero-order valence-electron chi connectivity index (χ0n) is 13.0. The predicted octanol–water partition coefficient (Wildman–Crippen LogP) is 0.605. The minimum atomic E-state index is -2.38. The molecule has 7 nitrogen and oxygen atoms in total. The van der Waals surface area contributed by atoms with Crippen LogP contribution < -0.4 is 10.3 Å². The molecule has 0 saturated carbocycles. The van der Waals surface area contributed by atoms with Crippen molar-refractivity contribution in [3.63, 3.8) is 0 Å². The lowest BCUT2D eigenvalue weighted by molar-refractivity contribution is 0.0697. The second-order valence-electron chi connectivity index (χ2n) is 5.04. The molecule has 2 aromatic rings. The molecule has 0 amide bonds. The summed E-state index contributed by atoms with van der Waals surface area (Å²) in [6.07, 6.45) is 0. The fourth-order valence-electron chi connectivity index (χ4n) is 1.64. The predicted molar refractivity (Wildman–Crippen MR) is 92.0 cm³/mol. The first-order chi connectivity index (χ1) is 11.5. The molecular formula is C16H22NO6P. The maximum Gasteiger partial charge on any atom is 0.391 e. The Labute approximate surface area is 141 Å². The molecule has 8 heteroatoms. The zero-order valence-corrected chi connectivity index (χ0v) is 13.9. The molecule has 0 aliphatic rings. The molecule has 0 heterocycles. The first kappa shape index (κ1) is 20.5. The molecule has 7 N–H and O–H groups in total. The van der Waals surface area contributed by atoms with Crippen LogP contribution in [-0.4, -0.2) is 50.5 Å². The Kier molecular flexibility index (Phi) is 8.81. The molecule has 0 saturated heterocycles. The number of benzene rings is 2. The van der Waals surface area contributed by atoms with Crippen molar-refractivity contribution in [1.82, 2.24) is 0 Å². The van der Waals surface area contributed by atoms with E-state index in [1.807, 2.05) is 42.5 Å². The molecular weight excluding hydrogens is 333 g/mol. The van der Waals surface area contributed by atoms with Crippen LogP contribution in [0.4, 0.5) is 0 Å². The fraction of sp³-hybridized carbons (Fsp3) is 0.250. The number of aliphatic hydroxyl groups excluding tert-OH is 3. The second-order valence-corrected chi connectivity index (χ2v) is 5.73. The Bertz CT molecular complexity index is 584. The average molecular weight is 355 g/mol. The standard InChI is InChI=1S/C12H11O3P.C4H11NO3/c13-16(14)15-12-9-5-4-8-11(12)10-6-2-1-3-7-10;5-4(1-6,2-7)3-8/h1-9,13-14H;6-8H,1-3,5H2. The number of hydrogen-bond acceptors (Lipinski definition) is 7. The van der Waals surface area contributed by atoms with E-state index < -0.39 is 34.0 Å². The van der Waals surface area contributed by atoms with Gasteiger partial charge < -0.3 is 35.4 Å². The molecule has 0 aliphatic carbocycles. The van der Waals surface area contributed by atoms with Crippen molar-refractivity contribution in [3.8, 4) is 16.9 Å². The largest absolute Gasteiger partial charge is 0.426 e. The van der Waals surface area contributed by atoms with Crippen LogP contribution in [0, 0.1) is 0 Å². The zero-order chi connectivity index (χ0) is 18.0. The van der Waals surface area contributed by atoms with E-state index in [-0.39, 0.29) is 0 Å². The van der Waals surface area contributed by atoms with Gasteiger partial charge in [-0.3, -0.25) is 0 Å². The average Bonchev–Trinajstić information content (AvgIpc) is 2.62. The molecule has 0 bridgehead atoms. The molecule has 0 atom stereocenters. The topological polar surface area (TPSA) is 136 Å². The van der Waals surface area contributed by atoms with Gasteiger partial charge in [0.15, 0.2) is 0 Å². The number of hydrogen-bond donors (Lipinski definition) is 6. The van der Waals surface area contributed by atoms with Gasteiger partial charge in [0, 0.05) is 5.56 Å². The highest BCUT2D eigenvalue weighted by Crippen LogP contribution is 2.36. The summed E-state index contributed by atoms with van der Waals surface area (Å²) in [7, 11) is -2.38. The third-order valence-electron chi connectivity index (χ3n) is 3.10. The summed E-state index contributed by atoms with van der Waals surface area (Å²) < 4.78 is 4.98. The van der Waals surface area contributed by atoms with E-state index in [1.54, 1.807) is 12.1 Å². The van der Waals surface area contributed by atoms with E-state index >= 15 is 0 Å². The van der Waals surface area contributed by atoms with Crippen molar-refractivity contribution >= 4 is 8.60 Å². The van der Waals surface area contributed by atoms with Gasteiger partial charge in [0.2, 0.25) is 0 Å². The summed E-state index contributed by atoms with van der Waals surface area (Å²) in [6.45, 7) is -1.21. The third-order valence-corrected chi connectivity index (χ3v) is 3.46. The van der Waals surface area contributed by atoms with Gasteiger partial charge >= 0.3 is 8.60 Å². The maximum absolute atomic E-state index is 8.88. The molecule has 132 valence electrons. The van der Waals surface area contributed by atoms with Crippen LogP contribution in [0.2, 0.25) is 0 Å². The van der Waals surface area contributed by atoms with Crippen LogP contribution in [0.15, 0.2) is 54.6 Å². The van der Waals surface area contributed by atoms with Crippen LogP contribution in [0.25, 0.3) is 11.1 Å². The van der Waals surface area contributed by atoms with Gasteiger partial charge in [-0.05, 0) is 11.6 Å². The van der Waals surface area contributed by atoms with E-state index in [0.29, 0.717) is 5.75 Å². The van der Waals surface area contributed by atoms with Crippen molar-refractivity contribution in [2.24, 2.45) is 5.73 Å². The van der Waals surface area contributed by atoms with Gasteiger partial charge in [0.25, 0.3) is 0 Å². The highest BCUT2D eigenvalue weighted by Gasteiger charge is 2.20. The van der Waals surface area contributed by atoms with Crippen molar-refractivity contribution < 1.29 is 29.6 Å². The number of nitrogens with two attached hydrogens (primary N) is 1. The summed E-state index contributed by atoms with van der Waals surface area (Å²) in [6, 6.07) is 16.9. The second kappa shape index (κ2) is 10.3. The molecule has 2 rings (SSSR count). The quantitative estimate of drug-likeness (QED) is 0.418. The van der Waals surface area contributed by atoms with E-state index in [0.717, 1.165) is 11.1 Å². The van der Waals surface area contributed by atoms with Crippen molar-refractivity contribution in [3.05, 3.63) is 54.6 Å². The summed E-state index contributed by atoms with van der Waals surface area (Å²) in [5.41, 5.74) is 5.76. The number of para-hydroxylation sites is 1. The first-order valence-corrected chi connectivity index (χ1v) is 8.24. The summed E-state index contributed by atoms with van der Waals surface area (Å²) >= 11 is 0. The lowest BCUT2D eigenvalue weighted by Gasteiger charge is -2.20. The molecule has 0 spiro atoms. The molecule has 24 heavy (non-hydrogen) atoms. The van der Waals surface area contributed by atoms with E-state index in [4.69, 9.17) is 35.4 Å². The molecule has 0 aliphatic heterocycles. The Balaban J connectivity index is 0.000000307. The van der Waals surface area contributed by atoms with Gasteiger partial charge in [-0.2, -0.15) is 0 Å². The molecule has 0 unspecified atom stereocenters. The number of aliphatic hydroxyl groups is 3. The Morgan fingerprint density at radius 3 is 1.79 bits per heavy atom. The highest BCUT2D eigenvalue weighted by molar-refractivity contribution is 7.39. The lowest BCUT2D eigenvalue weighted by atomic mass is 10.1. The van der Waals surface area contributed by atoms with Crippen LogP contribution in [-0.2, 0) is 0 Å². The van der Waals surface area contributed by atoms with Gasteiger partial charge in [-0.15, -0.1) is 0 Å². The maximum atomic E-state index is 8.88. The summed E-state index contributed by atoms with van der Waals surface area (Å²) in [5.74, 6) is 0.477. The molecule has 0 radical (unpaired) electrons. The van der Waals surface area contributed by atoms with Gasteiger partial charge in [-0.25, -0.2) is 0 Å². The monoisotopic (exact) mass is 355 g/mol. The SMILES string of the molecule is NC(CO)(CO)CO.OP(O)Oc1ccccc1-c1ccccc1. The number of rotatable bonds is 6. The summed E-state index contributed by atoms with van der Waals surface area (Å²) in [5, 5.41) is 25.0. The summed E-state index contributed by atoms with van der Waals surface area (Å²) in [4.78, 5) is 17.8. The molecule has 0 aromatic heterocycles. The fourth-order valence-corrected chi connectivity index (χ4v) is 1.98. The van der Waals surface area contributed by atoms with Gasteiger partial charge in [0.05, 0.1) is 25.4 Å². The minimum Gasteiger partial charge on any atom is -0.426 e. The third kappa shape index (κ3) is 6.51. The van der Waals surface area contributed by atoms with E-state index in [9.17, 15) is 0 Å². The van der Waals surface area contributed by atoms with Gasteiger partial charge in [-0.1, -0.05) is 48.5 Å². The van der Waals surface area contributed by atoms with Crippen molar-refractivity contribution in [2.45, 2.75) is 5.54 Å². The normalized spacial score (nSPS) is 11.0. The van der Waals surface area contributed by atoms with Crippen molar-refractivity contribution in [1.29, 1.82) is 0 Å². The Morgan fingerprint density at radius 1 is 0.833 bits per heavy atom. The minimum absolute atomic E-state index is 0.403.